The topological polar surface area (TPSA) is 77.1 Å². The largest absolute Gasteiger partial charge is 0.346 e. The predicted octanol–water partition coefficient (Wildman–Crippen LogP) is 1.64. The van der Waals surface area contributed by atoms with Gasteiger partial charge in [-0.1, -0.05) is 0 Å². The molecule has 3 heterocycles. The summed E-state index contributed by atoms with van der Waals surface area (Å²) in [5.74, 6) is -0.235. The van der Waals surface area contributed by atoms with Crippen molar-refractivity contribution in [3.05, 3.63) is 46.6 Å². The molecule has 3 aromatic rings. The van der Waals surface area contributed by atoms with Gasteiger partial charge in [-0.25, -0.2) is 9.50 Å². The third-order valence-electron chi connectivity index (χ3n) is 2.98. The Balaban J connectivity index is 1.71. The quantitative estimate of drug-likeness (QED) is 0.777. The van der Waals surface area contributed by atoms with Gasteiger partial charge in [0.2, 0.25) is 0 Å². The van der Waals surface area contributed by atoms with E-state index in [2.05, 4.69) is 36.4 Å². The van der Waals surface area contributed by atoms with Gasteiger partial charge < -0.3 is 5.32 Å². The monoisotopic (exact) mass is 348 g/mol. The van der Waals surface area contributed by atoms with Crippen LogP contribution >= 0.6 is 15.9 Å². The predicted molar refractivity (Wildman–Crippen MR) is 79.8 cm³/mol. The van der Waals surface area contributed by atoms with E-state index in [4.69, 9.17) is 0 Å². The minimum absolute atomic E-state index is 0.235. The zero-order valence-corrected chi connectivity index (χ0v) is 12.9. The lowest BCUT2D eigenvalue weighted by atomic mass is 10.3. The van der Waals surface area contributed by atoms with E-state index in [1.54, 1.807) is 29.2 Å². The summed E-state index contributed by atoms with van der Waals surface area (Å²) in [5, 5.41) is 11.2. The van der Waals surface area contributed by atoms with Crippen molar-refractivity contribution in [2.24, 2.45) is 0 Å². The lowest BCUT2D eigenvalue weighted by Gasteiger charge is -1.99. The number of carbonyl (C=O) groups is 1. The van der Waals surface area contributed by atoms with Crippen LogP contribution in [0.4, 0.5) is 0 Å². The number of rotatable bonds is 4. The van der Waals surface area contributed by atoms with Crippen LogP contribution in [0.2, 0.25) is 0 Å². The summed E-state index contributed by atoms with van der Waals surface area (Å²) in [6.07, 6.45) is 7.07. The fourth-order valence-electron chi connectivity index (χ4n) is 1.91. The summed E-state index contributed by atoms with van der Waals surface area (Å²) in [6, 6.07) is 1.65. The number of amides is 1. The molecule has 0 spiro atoms. The number of hydrogen-bond donors (Lipinski definition) is 1. The minimum Gasteiger partial charge on any atom is -0.346 e. The van der Waals surface area contributed by atoms with Crippen molar-refractivity contribution in [1.82, 2.24) is 29.7 Å². The van der Waals surface area contributed by atoms with Crippen LogP contribution < -0.4 is 5.32 Å². The summed E-state index contributed by atoms with van der Waals surface area (Å²) in [7, 11) is 0. The van der Waals surface area contributed by atoms with Gasteiger partial charge >= 0.3 is 0 Å². The van der Waals surface area contributed by atoms with E-state index in [1.165, 1.54) is 0 Å². The Kier molecular flexibility index (Phi) is 3.70. The zero-order chi connectivity index (χ0) is 14.8. The van der Waals surface area contributed by atoms with Gasteiger partial charge in [-0.05, 0) is 22.9 Å². The molecule has 0 saturated carbocycles. The molecule has 3 rings (SSSR count). The van der Waals surface area contributed by atoms with Crippen LogP contribution in [0, 0.1) is 0 Å². The highest BCUT2D eigenvalue weighted by molar-refractivity contribution is 9.10. The smallest absolute Gasteiger partial charge is 0.272 e. The molecule has 3 aromatic heterocycles. The van der Waals surface area contributed by atoms with Crippen LogP contribution in [0.3, 0.4) is 0 Å². The number of carbonyl (C=O) groups excluding carboxylic acids is 1. The van der Waals surface area contributed by atoms with E-state index >= 15 is 0 Å². The summed E-state index contributed by atoms with van der Waals surface area (Å²) in [5.41, 5.74) is 1.92. The molecule has 7 nitrogen and oxygen atoms in total. The summed E-state index contributed by atoms with van der Waals surface area (Å²) in [4.78, 5) is 16.3. The van der Waals surface area contributed by atoms with Crippen molar-refractivity contribution in [1.29, 1.82) is 0 Å². The molecule has 0 unspecified atom stereocenters. The van der Waals surface area contributed by atoms with Crippen LogP contribution in [0.1, 0.15) is 23.0 Å². The Morgan fingerprint density at radius 3 is 3.00 bits per heavy atom. The van der Waals surface area contributed by atoms with Gasteiger partial charge in [0.05, 0.1) is 10.7 Å². The summed E-state index contributed by atoms with van der Waals surface area (Å²) < 4.78 is 4.18. The highest BCUT2D eigenvalue weighted by Crippen LogP contribution is 2.10. The Bertz CT molecular complexity index is 793. The fraction of sp³-hybridized carbons (Fsp3) is 0.231. The van der Waals surface area contributed by atoms with E-state index in [9.17, 15) is 4.79 Å². The molecule has 0 saturated heterocycles. The maximum Gasteiger partial charge on any atom is 0.272 e. The molecule has 8 heteroatoms. The van der Waals surface area contributed by atoms with Crippen molar-refractivity contribution < 1.29 is 4.79 Å². The third-order valence-corrected chi connectivity index (χ3v) is 3.39. The van der Waals surface area contributed by atoms with Gasteiger partial charge in [-0.3, -0.25) is 9.48 Å². The Labute approximate surface area is 129 Å². The molecule has 0 aromatic carbocycles. The van der Waals surface area contributed by atoms with E-state index in [0.29, 0.717) is 17.9 Å². The molecule has 0 radical (unpaired) electrons. The first-order valence-electron chi connectivity index (χ1n) is 6.46. The molecule has 0 aliphatic carbocycles. The van der Waals surface area contributed by atoms with Gasteiger partial charge in [0.25, 0.3) is 5.91 Å². The zero-order valence-electron chi connectivity index (χ0n) is 11.3. The minimum atomic E-state index is -0.235. The van der Waals surface area contributed by atoms with Gasteiger partial charge in [0.1, 0.15) is 0 Å². The Morgan fingerprint density at radius 2 is 2.24 bits per heavy atom. The average Bonchev–Trinajstić information content (AvgIpc) is 3.10. The average molecular weight is 349 g/mol. The first-order chi connectivity index (χ1) is 10.2. The molecule has 0 bridgehead atoms. The van der Waals surface area contributed by atoms with Crippen LogP contribution in [-0.2, 0) is 13.1 Å². The molecule has 0 atom stereocenters. The van der Waals surface area contributed by atoms with Gasteiger partial charge in [0, 0.05) is 43.3 Å². The van der Waals surface area contributed by atoms with Gasteiger partial charge in [0.15, 0.2) is 11.3 Å². The van der Waals surface area contributed by atoms with E-state index in [0.717, 1.165) is 16.6 Å². The lowest BCUT2D eigenvalue weighted by Crippen LogP contribution is -2.23. The van der Waals surface area contributed by atoms with E-state index in [-0.39, 0.29) is 5.91 Å². The molecular weight excluding hydrogens is 336 g/mol. The highest BCUT2D eigenvalue weighted by atomic mass is 79.9. The standard InChI is InChI=1S/C13H13BrN6O/c1-2-19-7-9(5-17-19)4-16-13(21)11-3-12-15-6-10(14)8-20(12)18-11/h3,5-8H,2,4H2,1H3,(H,16,21). The maximum atomic E-state index is 12.1. The number of aryl methyl sites for hydroxylation is 1. The number of nitrogens with zero attached hydrogens (tertiary/aromatic N) is 5. The molecule has 0 fully saturated rings. The van der Waals surface area contributed by atoms with Crippen molar-refractivity contribution in [2.45, 2.75) is 20.0 Å². The first kappa shape index (κ1) is 13.7. The Hall–Kier alpha value is -2.22. The van der Waals surface area contributed by atoms with Crippen LogP contribution in [0.25, 0.3) is 5.65 Å². The first-order valence-corrected chi connectivity index (χ1v) is 7.25. The second kappa shape index (κ2) is 5.65. The SMILES string of the molecule is CCn1cc(CNC(=O)c2cc3ncc(Br)cn3n2)cn1. The van der Waals surface area contributed by atoms with Crippen LogP contribution in [0.5, 0.6) is 0 Å². The molecule has 0 aliphatic heterocycles. The maximum absolute atomic E-state index is 12.1. The molecule has 0 aliphatic rings. The highest BCUT2D eigenvalue weighted by Gasteiger charge is 2.11. The molecule has 21 heavy (non-hydrogen) atoms. The summed E-state index contributed by atoms with van der Waals surface area (Å²) >= 11 is 3.32. The van der Waals surface area contributed by atoms with Crippen molar-refractivity contribution in [3.63, 3.8) is 0 Å². The third kappa shape index (κ3) is 2.94. The fourth-order valence-corrected chi connectivity index (χ4v) is 2.20. The van der Waals surface area contributed by atoms with E-state index < -0.39 is 0 Å². The van der Waals surface area contributed by atoms with E-state index in [1.807, 2.05) is 17.8 Å². The number of aromatic nitrogens is 5. The summed E-state index contributed by atoms with van der Waals surface area (Å²) in [6.45, 7) is 3.24. The number of fused-ring (bicyclic) bond motifs is 1. The number of halogens is 1. The normalized spacial score (nSPS) is 11.0. The molecule has 1 N–H and O–H groups in total. The van der Waals surface area contributed by atoms with Gasteiger partial charge in [-0.2, -0.15) is 10.2 Å². The number of nitrogens with one attached hydrogen (secondary N) is 1. The molecule has 1 amide bonds. The molecule has 108 valence electrons. The molecular formula is C13H13BrN6O. The van der Waals surface area contributed by atoms with Crippen molar-refractivity contribution in [2.75, 3.05) is 0 Å². The second-order valence-electron chi connectivity index (χ2n) is 4.49. The Morgan fingerprint density at radius 1 is 1.38 bits per heavy atom. The second-order valence-corrected chi connectivity index (χ2v) is 5.41. The number of hydrogen-bond acceptors (Lipinski definition) is 4. The lowest BCUT2D eigenvalue weighted by molar-refractivity contribution is 0.0945. The van der Waals surface area contributed by atoms with Crippen LogP contribution in [-0.4, -0.2) is 30.3 Å². The van der Waals surface area contributed by atoms with Gasteiger partial charge in [-0.15, -0.1) is 0 Å². The van der Waals surface area contributed by atoms with Crippen LogP contribution in [0.15, 0.2) is 35.3 Å². The van der Waals surface area contributed by atoms with Crippen molar-refractivity contribution in [3.8, 4) is 0 Å². The van der Waals surface area contributed by atoms with Crippen molar-refractivity contribution >= 4 is 27.5 Å².